The molecule has 2 aromatic heterocycles. The number of hydrogen-bond donors (Lipinski definition) is 0. The van der Waals surface area contributed by atoms with Crippen molar-refractivity contribution in [2.45, 2.75) is 26.9 Å². The smallest absolute Gasteiger partial charge is 0.147 e. The van der Waals surface area contributed by atoms with Gasteiger partial charge in [0.25, 0.3) is 0 Å². The molecule has 0 fully saturated rings. The first-order valence-corrected chi connectivity index (χ1v) is 8.09. The zero-order chi connectivity index (χ0) is 16.8. The van der Waals surface area contributed by atoms with Crippen LogP contribution in [0.15, 0.2) is 18.3 Å². The average molecular weight is 339 g/mol. The van der Waals surface area contributed by atoms with Crippen molar-refractivity contribution in [3.63, 3.8) is 0 Å². The maximum Gasteiger partial charge on any atom is 0.147 e. The van der Waals surface area contributed by atoms with Crippen LogP contribution in [0, 0.1) is 25.2 Å². The van der Waals surface area contributed by atoms with E-state index in [1.165, 1.54) is 0 Å². The Kier molecular flexibility index (Phi) is 3.39. The fraction of sp³-hybridized carbons (Fsp3) is 0.294. The topological polar surface area (TPSA) is 70.6 Å². The number of hydrogen-bond acceptors (Lipinski definition) is 5. The van der Waals surface area contributed by atoms with Gasteiger partial charge in [-0.2, -0.15) is 10.4 Å². The monoisotopic (exact) mass is 338 g/mol. The van der Waals surface area contributed by atoms with E-state index < -0.39 is 0 Å². The number of pyridine rings is 1. The van der Waals surface area contributed by atoms with Crippen LogP contribution in [0.3, 0.4) is 0 Å². The molecule has 0 atom stereocenters. The third-order valence-electron chi connectivity index (χ3n) is 4.25. The van der Waals surface area contributed by atoms with Crippen molar-refractivity contribution >= 4 is 28.2 Å². The summed E-state index contributed by atoms with van der Waals surface area (Å²) in [4.78, 5) is 11.0. The van der Waals surface area contributed by atoms with Crippen LogP contribution in [0.1, 0.15) is 22.8 Å². The molecule has 0 radical (unpaired) electrons. The van der Waals surface area contributed by atoms with Gasteiger partial charge in [0.1, 0.15) is 17.7 Å². The molecular weight excluding hydrogens is 324 g/mol. The van der Waals surface area contributed by atoms with E-state index in [0.29, 0.717) is 17.1 Å². The normalized spacial score (nSPS) is 13.8. The SMILES string of the molecule is Cc1cc(Cl)c2ncc(C#N)c(N3CCn4nc(C)nc4C3)c2c1. The summed E-state index contributed by atoms with van der Waals surface area (Å²) in [6, 6.07) is 6.19. The Balaban J connectivity index is 1.91. The molecule has 4 rings (SSSR count). The molecule has 7 heteroatoms. The van der Waals surface area contributed by atoms with Gasteiger partial charge in [0.15, 0.2) is 0 Å². The Morgan fingerprint density at radius 1 is 1.25 bits per heavy atom. The molecule has 6 nitrogen and oxygen atoms in total. The summed E-state index contributed by atoms with van der Waals surface area (Å²) in [5.41, 5.74) is 3.19. The molecule has 1 aromatic carbocycles. The summed E-state index contributed by atoms with van der Waals surface area (Å²) in [7, 11) is 0. The molecule has 3 aromatic rings. The minimum absolute atomic E-state index is 0.550. The van der Waals surface area contributed by atoms with Gasteiger partial charge in [-0.3, -0.25) is 4.98 Å². The molecule has 3 heterocycles. The lowest BCUT2D eigenvalue weighted by Gasteiger charge is -2.30. The fourth-order valence-electron chi connectivity index (χ4n) is 3.26. The molecule has 0 amide bonds. The van der Waals surface area contributed by atoms with E-state index in [2.05, 4.69) is 26.0 Å². The van der Waals surface area contributed by atoms with Gasteiger partial charge in [-0.05, 0) is 31.5 Å². The largest absolute Gasteiger partial charge is 0.360 e. The van der Waals surface area contributed by atoms with Crippen molar-refractivity contribution in [2.24, 2.45) is 0 Å². The van der Waals surface area contributed by atoms with Crippen LogP contribution in [0.2, 0.25) is 5.02 Å². The second-order valence-corrected chi connectivity index (χ2v) is 6.40. The first-order chi connectivity index (χ1) is 11.6. The molecule has 0 saturated carbocycles. The molecule has 0 bridgehead atoms. The van der Waals surface area contributed by atoms with Crippen LogP contribution in [0.25, 0.3) is 10.9 Å². The Morgan fingerprint density at radius 2 is 2.08 bits per heavy atom. The van der Waals surface area contributed by atoms with E-state index in [4.69, 9.17) is 11.6 Å². The zero-order valence-electron chi connectivity index (χ0n) is 13.4. The third kappa shape index (κ3) is 2.29. The van der Waals surface area contributed by atoms with Crippen LogP contribution in [0.4, 0.5) is 5.69 Å². The Hall–Kier alpha value is -2.65. The van der Waals surface area contributed by atoms with Gasteiger partial charge in [0.05, 0.1) is 34.9 Å². The van der Waals surface area contributed by atoms with E-state index in [0.717, 1.165) is 46.9 Å². The van der Waals surface area contributed by atoms with Crippen molar-refractivity contribution < 1.29 is 0 Å². The second-order valence-electron chi connectivity index (χ2n) is 6.00. The van der Waals surface area contributed by atoms with Gasteiger partial charge >= 0.3 is 0 Å². The molecule has 0 N–H and O–H groups in total. The predicted molar refractivity (Wildman–Crippen MR) is 92.0 cm³/mol. The summed E-state index contributed by atoms with van der Waals surface area (Å²) < 4.78 is 1.93. The van der Waals surface area contributed by atoms with Gasteiger partial charge in [0.2, 0.25) is 0 Å². The number of halogens is 1. The lowest BCUT2D eigenvalue weighted by molar-refractivity contribution is 0.512. The number of fused-ring (bicyclic) bond motifs is 2. The average Bonchev–Trinajstić information content (AvgIpc) is 2.92. The maximum atomic E-state index is 9.56. The number of aromatic nitrogens is 4. The van der Waals surface area contributed by atoms with E-state index >= 15 is 0 Å². The number of rotatable bonds is 1. The molecule has 0 aliphatic carbocycles. The molecule has 0 spiro atoms. The van der Waals surface area contributed by atoms with Gasteiger partial charge in [-0.15, -0.1) is 0 Å². The predicted octanol–water partition coefficient (Wildman–Crippen LogP) is 2.99. The lowest BCUT2D eigenvalue weighted by Crippen LogP contribution is -2.35. The minimum Gasteiger partial charge on any atom is -0.360 e. The van der Waals surface area contributed by atoms with Crippen molar-refractivity contribution in [3.8, 4) is 6.07 Å². The quantitative estimate of drug-likeness (QED) is 0.682. The van der Waals surface area contributed by atoms with Gasteiger partial charge in [-0.1, -0.05) is 11.6 Å². The number of nitriles is 1. The standard InChI is InChI=1S/C17H15ClN6/c1-10-5-13-16(14(18)6-10)20-8-12(7-19)17(13)23-3-4-24-15(9-23)21-11(2)22-24/h5-6,8H,3-4,9H2,1-2H3. The maximum absolute atomic E-state index is 9.56. The number of benzene rings is 1. The molecule has 1 aliphatic rings. The molecule has 0 saturated heterocycles. The van der Waals surface area contributed by atoms with Crippen molar-refractivity contribution in [3.05, 3.63) is 46.1 Å². The molecular formula is C17H15ClN6. The molecule has 120 valence electrons. The van der Waals surface area contributed by atoms with Crippen molar-refractivity contribution in [2.75, 3.05) is 11.4 Å². The highest BCUT2D eigenvalue weighted by molar-refractivity contribution is 6.35. The number of anilines is 1. The van der Waals surface area contributed by atoms with Crippen LogP contribution in [-0.4, -0.2) is 26.3 Å². The highest BCUT2D eigenvalue weighted by atomic mass is 35.5. The summed E-state index contributed by atoms with van der Waals surface area (Å²) in [6.45, 7) is 5.99. The van der Waals surface area contributed by atoms with E-state index in [-0.39, 0.29) is 0 Å². The number of aryl methyl sites for hydroxylation is 2. The first kappa shape index (κ1) is 14.9. The molecule has 24 heavy (non-hydrogen) atoms. The van der Waals surface area contributed by atoms with Crippen molar-refractivity contribution in [1.82, 2.24) is 19.7 Å². The van der Waals surface area contributed by atoms with E-state index in [1.807, 2.05) is 30.7 Å². The third-order valence-corrected chi connectivity index (χ3v) is 4.53. The summed E-state index contributed by atoms with van der Waals surface area (Å²) >= 11 is 6.36. The summed E-state index contributed by atoms with van der Waals surface area (Å²) in [5, 5.41) is 15.5. The van der Waals surface area contributed by atoms with Gasteiger partial charge in [0, 0.05) is 18.1 Å². The highest BCUT2D eigenvalue weighted by Gasteiger charge is 2.24. The number of nitrogens with zero attached hydrogens (tertiary/aromatic N) is 6. The first-order valence-electron chi connectivity index (χ1n) is 7.71. The highest BCUT2D eigenvalue weighted by Crippen LogP contribution is 2.35. The van der Waals surface area contributed by atoms with Crippen LogP contribution < -0.4 is 4.90 Å². The van der Waals surface area contributed by atoms with E-state index in [9.17, 15) is 5.26 Å². The van der Waals surface area contributed by atoms with Gasteiger partial charge < -0.3 is 4.90 Å². The van der Waals surface area contributed by atoms with E-state index in [1.54, 1.807) is 6.20 Å². The Bertz CT molecular complexity index is 1000. The van der Waals surface area contributed by atoms with Crippen LogP contribution in [-0.2, 0) is 13.1 Å². The fourth-order valence-corrected chi connectivity index (χ4v) is 3.58. The summed E-state index contributed by atoms with van der Waals surface area (Å²) in [5.74, 6) is 1.68. The summed E-state index contributed by atoms with van der Waals surface area (Å²) in [6.07, 6.45) is 1.60. The lowest BCUT2D eigenvalue weighted by atomic mass is 10.1. The molecule has 0 unspecified atom stereocenters. The second kappa shape index (κ2) is 5.46. The van der Waals surface area contributed by atoms with Gasteiger partial charge in [-0.25, -0.2) is 9.67 Å². The van der Waals surface area contributed by atoms with Crippen LogP contribution in [0.5, 0.6) is 0 Å². The Morgan fingerprint density at radius 3 is 2.88 bits per heavy atom. The Labute approximate surface area is 144 Å². The minimum atomic E-state index is 0.550. The van der Waals surface area contributed by atoms with Crippen LogP contribution >= 0.6 is 11.6 Å². The zero-order valence-corrected chi connectivity index (χ0v) is 14.2. The van der Waals surface area contributed by atoms with Crippen molar-refractivity contribution in [1.29, 1.82) is 5.26 Å². The molecule has 1 aliphatic heterocycles.